The van der Waals surface area contributed by atoms with Gasteiger partial charge in [-0.1, -0.05) is 30.3 Å². The SMILES string of the molecule is N#Cc1cccc(C(c2cccc(CN[SH](=O)=O)n2)C(c2cccnc2)c2cccnc2)c1. The third-order valence-corrected chi connectivity index (χ3v) is 5.75. The fourth-order valence-electron chi connectivity index (χ4n) is 3.95. The van der Waals surface area contributed by atoms with Gasteiger partial charge in [0.25, 0.3) is 0 Å². The van der Waals surface area contributed by atoms with E-state index < -0.39 is 10.9 Å². The standard InChI is InChI=1S/C25H21N5O2S/c26-14-18-5-1-6-19(13-18)25(23-10-2-9-22(30-23)17-29-33(31)32)24(20-7-3-11-27-15-20)21-8-4-12-28-16-21/h1-13,15-16,24-25,33H,17H2,(H,29,31,32). The van der Waals surface area contributed by atoms with Gasteiger partial charge in [0.05, 0.1) is 23.9 Å². The third-order valence-electron chi connectivity index (χ3n) is 5.33. The van der Waals surface area contributed by atoms with E-state index in [1.54, 1.807) is 24.5 Å². The van der Waals surface area contributed by atoms with Crippen molar-refractivity contribution in [2.45, 2.75) is 18.4 Å². The number of hydrogen-bond acceptors (Lipinski definition) is 6. The Labute approximate surface area is 193 Å². The maximum atomic E-state index is 11.0. The largest absolute Gasteiger partial charge is 0.264 e. The molecule has 4 rings (SSSR count). The van der Waals surface area contributed by atoms with E-state index in [0.717, 1.165) is 22.4 Å². The number of nitriles is 1. The molecule has 164 valence electrons. The molecule has 0 fully saturated rings. The van der Waals surface area contributed by atoms with Crippen molar-refractivity contribution < 1.29 is 8.42 Å². The lowest BCUT2D eigenvalue weighted by atomic mass is 9.76. The molecule has 3 aromatic heterocycles. The predicted molar refractivity (Wildman–Crippen MR) is 125 cm³/mol. The van der Waals surface area contributed by atoms with Gasteiger partial charge < -0.3 is 0 Å². The van der Waals surface area contributed by atoms with E-state index in [4.69, 9.17) is 4.98 Å². The molecular weight excluding hydrogens is 434 g/mol. The van der Waals surface area contributed by atoms with Gasteiger partial charge in [-0.15, -0.1) is 0 Å². The fraction of sp³-hybridized carbons (Fsp3) is 0.120. The number of nitrogens with one attached hydrogen (secondary N) is 1. The molecule has 0 aliphatic rings. The minimum Gasteiger partial charge on any atom is -0.264 e. The molecule has 0 saturated heterocycles. The molecule has 0 saturated carbocycles. The summed E-state index contributed by atoms with van der Waals surface area (Å²) in [5.74, 6) is -0.458. The molecule has 0 spiro atoms. The number of rotatable bonds is 8. The molecule has 7 nitrogen and oxygen atoms in total. The van der Waals surface area contributed by atoms with E-state index in [-0.39, 0.29) is 18.4 Å². The van der Waals surface area contributed by atoms with Crippen LogP contribution < -0.4 is 4.72 Å². The maximum Gasteiger partial charge on any atom is 0.201 e. The molecule has 1 aromatic carbocycles. The van der Waals surface area contributed by atoms with Gasteiger partial charge >= 0.3 is 0 Å². The summed E-state index contributed by atoms with van der Waals surface area (Å²) in [7, 11) is -2.73. The molecule has 0 aliphatic heterocycles. The highest BCUT2D eigenvalue weighted by Crippen LogP contribution is 2.42. The third kappa shape index (κ3) is 5.47. The van der Waals surface area contributed by atoms with Gasteiger partial charge in [-0.25, -0.2) is 13.1 Å². The predicted octanol–water partition coefficient (Wildman–Crippen LogP) is 3.32. The Morgan fingerprint density at radius 3 is 2.12 bits per heavy atom. The van der Waals surface area contributed by atoms with Crippen molar-refractivity contribution in [1.29, 1.82) is 5.26 Å². The lowest BCUT2D eigenvalue weighted by Crippen LogP contribution is -2.18. The Morgan fingerprint density at radius 2 is 1.52 bits per heavy atom. The molecule has 0 radical (unpaired) electrons. The van der Waals surface area contributed by atoms with Gasteiger partial charge in [0.15, 0.2) is 0 Å². The first-order valence-corrected chi connectivity index (χ1v) is 11.5. The average molecular weight is 456 g/mol. The maximum absolute atomic E-state index is 11.0. The van der Waals surface area contributed by atoms with E-state index >= 15 is 0 Å². The highest BCUT2D eigenvalue weighted by molar-refractivity contribution is 7.70. The number of pyridine rings is 3. The summed E-state index contributed by atoms with van der Waals surface area (Å²) in [6.07, 6.45) is 7.10. The Hall–Kier alpha value is -3.93. The van der Waals surface area contributed by atoms with Gasteiger partial charge in [0.2, 0.25) is 10.9 Å². The minimum atomic E-state index is -2.73. The second-order valence-corrected chi connectivity index (χ2v) is 8.24. The van der Waals surface area contributed by atoms with Crippen LogP contribution in [-0.2, 0) is 17.4 Å². The van der Waals surface area contributed by atoms with Gasteiger partial charge in [-0.3, -0.25) is 15.0 Å². The van der Waals surface area contributed by atoms with Crippen molar-refractivity contribution in [3.63, 3.8) is 0 Å². The van der Waals surface area contributed by atoms with Crippen LogP contribution in [0.3, 0.4) is 0 Å². The van der Waals surface area contributed by atoms with Crippen molar-refractivity contribution in [3.05, 3.63) is 125 Å². The van der Waals surface area contributed by atoms with E-state index in [2.05, 4.69) is 20.8 Å². The Balaban J connectivity index is 1.91. The van der Waals surface area contributed by atoms with Crippen molar-refractivity contribution in [2.24, 2.45) is 0 Å². The van der Waals surface area contributed by atoms with Crippen LogP contribution in [0.15, 0.2) is 91.5 Å². The lowest BCUT2D eigenvalue weighted by Gasteiger charge is -2.28. The van der Waals surface area contributed by atoms with Gasteiger partial charge in [0.1, 0.15) is 0 Å². The quantitative estimate of drug-likeness (QED) is 0.395. The average Bonchev–Trinajstić information content (AvgIpc) is 2.87. The molecule has 1 unspecified atom stereocenters. The first-order valence-electron chi connectivity index (χ1n) is 10.3. The van der Waals surface area contributed by atoms with Crippen LogP contribution in [0.2, 0.25) is 0 Å². The molecule has 33 heavy (non-hydrogen) atoms. The minimum absolute atomic E-state index is 0.0992. The highest BCUT2D eigenvalue weighted by atomic mass is 32.2. The summed E-state index contributed by atoms with van der Waals surface area (Å²) in [6.45, 7) is 0.0992. The summed E-state index contributed by atoms with van der Waals surface area (Å²) in [5.41, 5.74) is 4.78. The van der Waals surface area contributed by atoms with Crippen molar-refractivity contribution in [3.8, 4) is 6.07 Å². The van der Waals surface area contributed by atoms with Crippen LogP contribution in [0.5, 0.6) is 0 Å². The zero-order chi connectivity index (χ0) is 23.0. The highest BCUT2D eigenvalue weighted by Gasteiger charge is 2.30. The van der Waals surface area contributed by atoms with E-state index in [9.17, 15) is 13.7 Å². The topological polar surface area (TPSA) is 109 Å². The smallest absolute Gasteiger partial charge is 0.201 e. The summed E-state index contributed by atoms with van der Waals surface area (Å²) in [5, 5.41) is 9.50. The van der Waals surface area contributed by atoms with Crippen LogP contribution in [0, 0.1) is 11.3 Å². The lowest BCUT2D eigenvalue weighted by molar-refractivity contribution is 0.600. The number of thiol groups is 1. The van der Waals surface area contributed by atoms with Crippen LogP contribution in [0.25, 0.3) is 0 Å². The molecule has 0 bridgehead atoms. The van der Waals surface area contributed by atoms with Gasteiger partial charge in [-0.05, 0) is 53.1 Å². The van der Waals surface area contributed by atoms with E-state index in [0.29, 0.717) is 11.3 Å². The van der Waals surface area contributed by atoms with Crippen molar-refractivity contribution in [1.82, 2.24) is 19.7 Å². The number of aromatic nitrogens is 3. The molecule has 1 N–H and O–H groups in total. The first kappa shape index (κ1) is 22.3. The van der Waals surface area contributed by atoms with Crippen molar-refractivity contribution in [2.75, 3.05) is 0 Å². The molecule has 0 amide bonds. The van der Waals surface area contributed by atoms with Gasteiger partial charge in [-0.2, -0.15) is 5.26 Å². The van der Waals surface area contributed by atoms with Crippen molar-refractivity contribution >= 4 is 10.9 Å². The zero-order valence-corrected chi connectivity index (χ0v) is 18.5. The fourth-order valence-corrected chi connectivity index (χ4v) is 4.24. The van der Waals surface area contributed by atoms with Crippen LogP contribution in [0.1, 0.15) is 45.5 Å². The second kappa shape index (κ2) is 10.6. The van der Waals surface area contributed by atoms with E-state index in [1.165, 1.54) is 0 Å². The summed E-state index contributed by atoms with van der Waals surface area (Å²) < 4.78 is 24.4. The Kier molecular flexibility index (Phi) is 7.15. The number of hydrogen-bond donors (Lipinski definition) is 2. The monoisotopic (exact) mass is 455 g/mol. The Bertz CT molecular complexity index is 1290. The molecule has 8 heteroatoms. The second-order valence-electron chi connectivity index (χ2n) is 7.41. The summed E-state index contributed by atoms with van der Waals surface area (Å²) >= 11 is 0. The van der Waals surface area contributed by atoms with Crippen LogP contribution >= 0.6 is 0 Å². The molecule has 0 aliphatic carbocycles. The molecule has 1 atom stereocenters. The number of benzene rings is 1. The Morgan fingerprint density at radius 1 is 0.848 bits per heavy atom. The first-order chi connectivity index (χ1) is 16.2. The normalized spacial score (nSPS) is 11.9. The number of nitrogens with zero attached hydrogens (tertiary/aromatic N) is 4. The molecule has 3 heterocycles. The van der Waals surface area contributed by atoms with Crippen LogP contribution in [0.4, 0.5) is 0 Å². The van der Waals surface area contributed by atoms with Crippen LogP contribution in [-0.4, -0.2) is 23.4 Å². The van der Waals surface area contributed by atoms with Gasteiger partial charge in [0, 0.05) is 42.3 Å². The van der Waals surface area contributed by atoms with E-state index in [1.807, 2.05) is 67.0 Å². The summed E-state index contributed by atoms with van der Waals surface area (Å²) in [6, 6.07) is 23.1. The summed E-state index contributed by atoms with van der Waals surface area (Å²) in [4.78, 5) is 13.5. The zero-order valence-electron chi connectivity index (χ0n) is 17.6. The molecule has 4 aromatic rings. The molecular formula is C25H21N5O2S.